The van der Waals surface area contributed by atoms with Gasteiger partial charge in [0.1, 0.15) is 5.75 Å². The van der Waals surface area contributed by atoms with E-state index in [0.29, 0.717) is 11.4 Å². The molecule has 0 saturated carbocycles. The van der Waals surface area contributed by atoms with Crippen molar-refractivity contribution in [3.8, 4) is 5.75 Å². The summed E-state index contributed by atoms with van der Waals surface area (Å²) in [5.74, 6) is -0.783. The van der Waals surface area contributed by atoms with Crippen molar-refractivity contribution in [1.29, 1.82) is 0 Å². The van der Waals surface area contributed by atoms with Gasteiger partial charge in [0.2, 0.25) is 0 Å². The molecule has 0 fully saturated rings. The number of nitrogens with one attached hydrogen (secondary N) is 2. The number of anilines is 1. The number of carboxylic acid groups (broad SMARTS) is 1. The summed E-state index contributed by atoms with van der Waals surface area (Å²) in [5.41, 5.74) is 0.370. The maximum absolute atomic E-state index is 11.8. The first kappa shape index (κ1) is 14.7. The monoisotopic (exact) mass is 274 g/mol. The van der Waals surface area contributed by atoms with Crippen LogP contribution in [0.4, 0.5) is 19.3 Å². The number of amides is 2. The van der Waals surface area contributed by atoms with Crippen molar-refractivity contribution in [3.05, 3.63) is 24.3 Å². The van der Waals surface area contributed by atoms with Crippen LogP contribution in [0.5, 0.6) is 5.75 Å². The van der Waals surface area contributed by atoms with Gasteiger partial charge in [0.25, 0.3) is 6.43 Å². The molecule has 1 rings (SSSR count). The number of carbonyl (C=O) groups is 2. The Morgan fingerprint density at radius 2 is 1.89 bits per heavy atom. The van der Waals surface area contributed by atoms with Crippen molar-refractivity contribution >= 4 is 17.7 Å². The van der Waals surface area contributed by atoms with E-state index >= 15 is 0 Å². The number of halogens is 2. The normalized spacial score (nSPS) is 10.1. The van der Waals surface area contributed by atoms with Crippen LogP contribution in [0.1, 0.15) is 0 Å². The minimum absolute atomic E-state index is 0.320. The number of aliphatic carboxylic acids is 1. The fraction of sp³-hybridized carbons (Fsp3) is 0.273. The molecule has 3 N–H and O–H groups in total. The molecule has 8 heteroatoms. The van der Waals surface area contributed by atoms with Gasteiger partial charge in [-0.2, -0.15) is 0 Å². The third-order valence-corrected chi connectivity index (χ3v) is 1.89. The lowest BCUT2D eigenvalue weighted by Gasteiger charge is -2.08. The number of benzene rings is 1. The first-order chi connectivity index (χ1) is 8.97. The molecule has 0 spiro atoms. The molecule has 6 nitrogen and oxygen atoms in total. The fourth-order valence-electron chi connectivity index (χ4n) is 1.12. The Hall–Kier alpha value is -2.38. The average molecular weight is 274 g/mol. The van der Waals surface area contributed by atoms with E-state index in [4.69, 9.17) is 9.84 Å². The van der Waals surface area contributed by atoms with Crippen LogP contribution >= 0.6 is 0 Å². The summed E-state index contributed by atoms with van der Waals surface area (Å²) in [4.78, 5) is 21.4. The second-order valence-electron chi connectivity index (χ2n) is 3.43. The molecule has 0 atom stereocenters. The van der Waals surface area contributed by atoms with Crippen LogP contribution in [0.2, 0.25) is 0 Å². The molecule has 0 aliphatic rings. The molecule has 104 valence electrons. The van der Waals surface area contributed by atoms with Crippen molar-refractivity contribution in [3.63, 3.8) is 0 Å². The van der Waals surface area contributed by atoms with E-state index in [1.54, 1.807) is 0 Å². The lowest BCUT2D eigenvalue weighted by Crippen LogP contribution is -2.32. The number of carboxylic acids is 1. The van der Waals surface area contributed by atoms with Crippen LogP contribution < -0.4 is 15.4 Å². The highest BCUT2D eigenvalue weighted by molar-refractivity contribution is 5.89. The highest BCUT2D eigenvalue weighted by Crippen LogP contribution is 2.15. The largest absolute Gasteiger partial charge is 0.482 e. The van der Waals surface area contributed by atoms with E-state index in [0.717, 1.165) is 0 Å². The Morgan fingerprint density at radius 1 is 1.26 bits per heavy atom. The minimum Gasteiger partial charge on any atom is -0.482 e. The zero-order chi connectivity index (χ0) is 14.3. The molecule has 2 amide bonds. The Morgan fingerprint density at radius 3 is 2.42 bits per heavy atom. The lowest BCUT2D eigenvalue weighted by atomic mass is 10.3. The standard InChI is InChI=1S/C11H12F2N2O4/c12-9(13)5-14-11(18)15-7-1-3-8(4-2-7)19-6-10(16)17/h1-4,9H,5-6H2,(H,16,17)(H2,14,15,18). The molecule has 0 heterocycles. The van der Waals surface area contributed by atoms with Gasteiger partial charge in [-0.3, -0.25) is 0 Å². The molecule has 0 bridgehead atoms. The molecule has 0 unspecified atom stereocenters. The van der Waals surface area contributed by atoms with Crippen LogP contribution in [0.25, 0.3) is 0 Å². The van der Waals surface area contributed by atoms with Crippen molar-refractivity contribution in [1.82, 2.24) is 5.32 Å². The predicted molar refractivity (Wildman–Crippen MR) is 62.6 cm³/mol. The van der Waals surface area contributed by atoms with E-state index < -0.39 is 31.6 Å². The van der Waals surface area contributed by atoms with Crippen LogP contribution in [0, 0.1) is 0 Å². The van der Waals surface area contributed by atoms with Crippen molar-refractivity contribution in [2.45, 2.75) is 6.43 Å². The van der Waals surface area contributed by atoms with E-state index in [1.165, 1.54) is 24.3 Å². The summed E-state index contributed by atoms with van der Waals surface area (Å²) in [5, 5.41) is 12.7. The molecular formula is C11H12F2N2O4. The second-order valence-corrected chi connectivity index (χ2v) is 3.43. The summed E-state index contributed by atoms with van der Waals surface area (Å²) >= 11 is 0. The Kier molecular flexibility index (Phi) is 5.52. The van der Waals surface area contributed by atoms with E-state index in [2.05, 4.69) is 5.32 Å². The SMILES string of the molecule is O=C(O)COc1ccc(NC(=O)NCC(F)F)cc1. The zero-order valence-electron chi connectivity index (χ0n) is 9.73. The summed E-state index contributed by atoms with van der Waals surface area (Å²) in [6.07, 6.45) is -2.61. The number of hydrogen-bond acceptors (Lipinski definition) is 3. The van der Waals surface area contributed by atoms with Gasteiger partial charge < -0.3 is 20.5 Å². The lowest BCUT2D eigenvalue weighted by molar-refractivity contribution is -0.139. The molecule has 1 aromatic carbocycles. The van der Waals surface area contributed by atoms with Gasteiger partial charge in [0, 0.05) is 5.69 Å². The maximum atomic E-state index is 11.8. The average Bonchev–Trinajstić information content (AvgIpc) is 2.35. The quantitative estimate of drug-likeness (QED) is 0.734. The van der Waals surface area contributed by atoms with Gasteiger partial charge in [-0.05, 0) is 24.3 Å². The van der Waals surface area contributed by atoms with Gasteiger partial charge in [0.05, 0.1) is 6.54 Å². The Labute approximate surface area is 107 Å². The summed E-state index contributed by atoms with van der Waals surface area (Å²) in [7, 11) is 0. The van der Waals surface area contributed by atoms with E-state index in [9.17, 15) is 18.4 Å². The Balaban J connectivity index is 2.43. The van der Waals surface area contributed by atoms with Crippen molar-refractivity contribution < 1.29 is 28.2 Å². The van der Waals surface area contributed by atoms with Gasteiger partial charge in [-0.25, -0.2) is 18.4 Å². The number of urea groups is 1. The van der Waals surface area contributed by atoms with E-state index in [-0.39, 0.29) is 0 Å². The van der Waals surface area contributed by atoms with Gasteiger partial charge in [0.15, 0.2) is 6.61 Å². The van der Waals surface area contributed by atoms with Gasteiger partial charge in [-0.15, -0.1) is 0 Å². The van der Waals surface area contributed by atoms with Gasteiger partial charge in [-0.1, -0.05) is 0 Å². The second kappa shape index (κ2) is 7.14. The number of hydrogen-bond donors (Lipinski definition) is 3. The van der Waals surface area contributed by atoms with Crippen LogP contribution in [0.3, 0.4) is 0 Å². The molecule has 0 aromatic heterocycles. The summed E-state index contributed by atoms with van der Waals surface area (Å²) in [6, 6.07) is 5.06. The zero-order valence-corrected chi connectivity index (χ0v) is 9.73. The molecule has 0 aliphatic heterocycles. The van der Waals surface area contributed by atoms with Crippen LogP contribution in [-0.4, -0.2) is 36.7 Å². The summed E-state index contributed by atoms with van der Waals surface area (Å²) < 4.78 is 28.5. The van der Waals surface area contributed by atoms with Crippen molar-refractivity contribution in [2.24, 2.45) is 0 Å². The highest BCUT2D eigenvalue weighted by Gasteiger charge is 2.06. The Bertz CT molecular complexity index is 437. The van der Waals surface area contributed by atoms with Crippen LogP contribution in [-0.2, 0) is 4.79 Å². The highest BCUT2D eigenvalue weighted by atomic mass is 19.3. The predicted octanol–water partition coefficient (Wildman–Crippen LogP) is 1.54. The van der Waals surface area contributed by atoms with Crippen LogP contribution in [0.15, 0.2) is 24.3 Å². The molecule has 0 aliphatic carbocycles. The summed E-state index contributed by atoms with van der Waals surface area (Å²) in [6.45, 7) is -1.20. The maximum Gasteiger partial charge on any atom is 0.341 e. The molecule has 19 heavy (non-hydrogen) atoms. The molecule has 0 radical (unpaired) electrons. The number of carbonyl (C=O) groups excluding carboxylic acids is 1. The minimum atomic E-state index is -2.61. The third kappa shape index (κ3) is 6.20. The third-order valence-electron chi connectivity index (χ3n) is 1.89. The first-order valence-corrected chi connectivity index (χ1v) is 5.25. The first-order valence-electron chi connectivity index (χ1n) is 5.25. The molecule has 0 saturated heterocycles. The molecule has 1 aromatic rings. The van der Waals surface area contributed by atoms with Gasteiger partial charge >= 0.3 is 12.0 Å². The van der Waals surface area contributed by atoms with Crippen molar-refractivity contribution in [2.75, 3.05) is 18.5 Å². The van der Waals surface area contributed by atoms with E-state index in [1.807, 2.05) is 5.32 Å². The number of ether oxygens (including phenoxy) is 1. The smallest absolute Gasteiger partial charge is 0.341 e. The number of rotatable bonds is 6. The number of alkyl halides is 2. The fourth-order valence-corrected chi connectivity index (χ4v) is 1.12. The topological polar surface area (TPSA) is 87.7 Å². The molecular weight excluding hydrogens is 262 g/mol.